The van der Waals surface area contributed by atoms with Crippen LogP contribution in [0, 0.1) is 12.7 Å². The molecule has 5 aromatic carbocycles. The summed E-state index contributed by atoms with van der Waals surface area (Å²) in [6.45, 7) is 4.47. The smallest absolute Gasteiger partial charge is 0.317 e. The lowest BCUT2D eigenvalue weighted by atomic mass is 9.77. The summed E-state index contributed by atoms with van der Waals surface area (Å²) in [5.41, 5.74) is 8.53. The van der Waals surface area contributed by atoms with Crippen molar-refractivity contribution in [2.24, 2.45) is 0 Å². The van der Waals surface area contributed by atoms with Crippen molar-refractivity contribution in [2.75, 3.05) is 11.9 Å². The van der Waals surface area contributed by atoms with Crippen LogP contribution in [0.1, 0.15) is 46.5 Å². The van der Waals surface area contributed by atoms with E-state index in [0.29, 0.717) is 13.0 Å². The van der Waals surface area contributed by atoms with Crippen molar-refractivity contribution in [3.8, 4) is 11.3 Å². The molecule has 0 unspecified atom stereocenters. The fourth-order valence-electron chi connectivity index (χ4n) is 7.42. The van der Waals surface area contributed by atoms with E-state index in [2.05, 4.69) is 106 Å². The fraction of sp³-hybridized carbons (Fsp3) is 0.140. The van der Waals surface area contributed by atoms with Crippen LogP contribution >= 0.6 is 0 Å². The number of nitrogens with zero attached hydrogens (tertiary/aromatic N) is 4. The van der Waals surface area contributed by atoms with Gasteiger partial charge in [0.05, 0.1) is 11.6 Å². The molecule has 0 spiro atoms. The first-order valence-corrected chi connectivity index (χ1v) is 16.9. The highest BCUT2D eigenvalue weighted by molar-refractivity contribution is 6.00. The maximum absolute atomic E-state index is 13.9. The first-order chi connectivity index (χ1) is 24.4. The third-order valence-corrected chi connectivity index (χ3v) is 9.91. The Morgan fingerprint density at radius 2 is 1.38 bits per heavy atom. The van der Waals surface area contributed by atoms with Gasteiger partial charge in [-0.3, -0.25) is 4.98 Å². The van der Waals surface area contributed by atoms with Gasteiger partial charge in [-0.1, -0.05) is 103 Å². The van der Waals surface area contributed by atoms with Crippen molar-refractivity contribution in [1.29, 1.82) is 0 Å². The molecule has 0 fully saturated rings. The quantitative estimate of drug-likeness (QED) is 0.174. The Bertz CT molecular complexity index is 2210. The molecule has 7 aromatic rings. The molecule has 0 bridgehead atoms. The summed E-state index contributed by atoms with van der Waals surface area (Å²) in [5, 5.41) is 9.77. The second-order valence-corrected chi connectivity index (χ2v) is 12.9. The van der Waals surface area contributed by atoms with Crippen LogP contribution in [0.15, 0.2) is 146 Å². The molecular weight excluding hydrogens is 622 g/mol. The number of hydrogen-bond donors (Lipinski definition) is 1. The number of hydrogen-bond acceptors (Lipinski definition) is 3. The summed E-state index contributed by atoms with van der Waals surface area (Å²) in [7, 11) is 0. The number of urea groups is 1. The van der Waals surface area contributed by atoms with Crippen LogP contribution in [0.3, 0.4) is 0 Å². The van der Waals surface area contributed by atoms with E-state index in [-0.39, 0.29) is 17.9 Å². The molecular formula is C43H36FN5O. The largest absolute Gasteiger partial charge is 0.322 e. The van der Waals surface area contributed by atoms with Crippen molar-refractivity contribution in [3.63, 3.8) is 0 Å². The van der Waals surface area contributed by atoms with Crippen LogP contribution in [0.4, 0.5) is 14.9 Å². The molecule has 7 heteroatoms. The van der Waals surface area contributed by atoms with Gasteiger partial charge in [0.25, 0.3) is 0 Å². The van der Waals surface area contributed by atoms with Crippen molar-refractivity contribution >= 4 is 22.6 Å². The molecule has 0 saturated carbocycles. The van der Waals surface area contributed by atoms with Gasteiger partial charge in [-0.15, -0.1) is 0 Å². The molecule has 6 nitrogen and oxygen atoms in total. The molecule has 1 atom stereocenters. The van der Waals surface area contributed by atoms with Crippen LogP contribution < -0.4 is 5.32 Å². The number of aryl methyl sites for hydroxylation is 1. The molecule has 50 heavy (non-hydrogen) atoms. The summed E-state index contributed by atoms with van der Waals surface area (Å²) in [6, 6.07) is 45.7. The summed E-state index contributed by atoms with van der Waals surface area (Å²) in [5.74, 6) is -0.299. The van der Waals surface area contributed by atoms with Gasteiger partial charge >= 0.3 is 6.03 Å². The van der Waals surface area contributed by atoms with Crippen molar-refractivity contribution in [1.82, 2.24) is 19.7 Å². The monoisotopic (exact) mass is 657 g/mol. The van der Waals surface area contributed by atoms with E-state index in [1.165, 1.54) is 12.1 Å². The van der Waals surface area contributed by atoms with Crippen LogP contribution in [0.25, 0.3) is 22.2 Å². The molecule has 0 aliphatic carbocycles. The number of amides is 2. The maximum atomic E-state index is 13.9. The van der Waals surface area contributed by atoms with Crippen LogP contribution in [0.2, 0.25) is 0 Å². The summed E-state index contributed by atoms with van der Waals surface area (Å²) < 4.78 is 15.9. The Balaban J connectivity index is 1.39. The average Bonchev–Trinajstić information content (AvgIpc) is 3.43. The van der Waals surface area contributed by atoms with Crippen LogP contribution in [-0.4, -0.2) is 32.2 Å². The number of pyridine rings is 1. The third kappa shape index (κ3) is 5.31. The summed E-state index contributed by atoms with van der Waals surface area (Å²) in [6.07, 6.45) is 2.46. The number of carbonyl (C=O) groups excluding carboxylic acids is 1. The molecule has 1 N–H and O–H groups in total. The van der Waals surface area contributed by atoms with E-state index in [1.54, 1.807) is 12.1 Å². The first-order valence-electron chi connectivity index (χ1n) is 16.9. The van der Waals surface area contributed by atoms with E-state index in [1.807, 2.05) is 49.2 Å². The Hall–Kier alpha value is -6.08. The number of halogens is 1. The minimum absolute atomic E-state index is 0.198. The van der Waals surface area contributed by atoms with E-state index >= 15 is 0 Å². The molecule has 2 amide bonds. The zero-order chi connectivity index (χ0) is 34.2. The molecule has 1 aliphatic rings. The summed E-state index contributed by atoms with van der Waals surface area (Å²) >= 11 is 0. The predicted octanol–water partition coefficient (Wildman–Crippen LogP) is 9.54. The number of benzene rings is 5. The molecule has 2 aromatic heterocycles. The molecule has 0 radical (unpaired) electrons. The molecule has 3 heterocycles. The number of fused-ring (bicyclic) bond motifs is 2. The minimum Gasteiger partial charge on any atom is -0.317 e. The molecule has 8 rings (SSSR count). The lowest BCUT2D eigenvalue weighted by molar-refractivity contribution is 0.195. The molecule has 1 aliphatic heterocycles. The van der Waals surface area contributed by atoms with Gasteiger partial charge in [0, 0.05) is 35.1 Å². The van der Waals surface area contributed by atoms with Crippen LogP contribution in [0.5, 0.6) is 0 Å². The predicted molar refractivity (Wildman–Crippen MR) is 197 cm³/mol. The fourth-order valence-corrected chi connectivity index (χ4v) is 7.42. The molecule has 0 saturated heterocycles. The Morgan fingerprint density at radius 3 is 1.96 bits per heavy atom. The highest BCUT2D eigenvalue weighted by Gasteiger charge is 2.41. The van der Waals surface area contributed by atoms with Gasteiger partial charge in [-0.05, 0) is 84.5 Å². The van der Waals surface area contributed by atoms with E-state index < -0.39 is 5.54 Å². The van der Waals surface area contributed by atoms with Gasteiger partial charge in [0.2, 0.25) is 0 Å². The lowest BCUT2D eigenvalue weighted by Crippen LogP contribution is -2.38. The van der Waals surface area contributed by atoms with Crippen molar-refractivity contribution in [3.05, 3.63) is 185 Å². The zero-order valence-electron chi connectivity index (χ0n) is 27.9. The highest BCUT2D eigenvalue weighted by Crippen LogP contribution is 2.45. The Morgan fingerprint density at radius 1 is 0.780 bits per heavy atom. The van der Waals surface area contributed by atoms with Gasteiger partial charge in [-0.25, -0.2) is 13.9 Å². The summed E-state index contributed by atoms with van der Waals surface area (Å²) in [4.78, 5) is 20.2. The van der Waals surface area contributed by atoms with E-state index in [9.17, 15) is 9.18 Å². The Labute approximate surface area is 290 Å². The second kappa shape index (κ2) is 12.7. The van der Waals surface area contributed by atoms with Gasteiger partial charge in [0.1, 0.15) is 17.1 Å². The van der Waals surface area contributed by atoms with E-state index in [4.69, 9.17) is 5.10 Å². The normalized spacial score (nSPS) is 13.8. The second-order valence-electron chi connectivity index (χ2n) is 12.9. The van der Waals surface area contributed by atoms with E-state index in [0.717, 1.165) is 61.4 Å². The zero-order valence-corrected chi connectivity index (χ0v) is 27.9. The highest BCUT2D eigenvalue weighted by atomic mass is 19.1. The van der Waals surface area contributed by atoms with Crippen LogP contribution in [-0.2, 0) is 12.0 Å². The standard InChI is InChI=1S/C43H36FN5O/c1-29-26-33(22-24-45-29)41-38-27-32-23-25-48(30(2)31-18-20-37(44)21-19-31)42(50)46-39(32)28-40(38)49(47-41)43(34-12-6-3-7-13-34,35-14-8-4-9-15-35)36-16-10-5-11-17-36/h3-22,24,26-28,30H,23,25H2,1-2H3,(H,46,50)/t30-/m1/s1. The lowest BCUT2D eigenvalue weighted by Gasteiger charge is -2.37. The van der Waals surface area contributed by atoms with Crippen molar-refractivity contribution in [2.45, 2.75) is 31.8 Å². The number of aromatic nitrogens is 3. The number of rotatable bonds is 7. The Kier molecular flexibility index (Phi) is 7.96. The van der Waals surface area contributed by atoms with Gasteiger partial charge < -0.3 is 10.2 Å². The average molecular weight is 658 g/mol. The minimum atomic E-state index is -0.867. The van der Waals surface area contributed by atoms with Gasteiger partial charge in [0.15, 0.2) is 0 Å². The maximum Gasteiger partial charge on any atom is 0.322 e. The number of carbonyl (C=O) groups is 1. The topological polar surface area (TPSA) is 63.1 Å². The third-order valence-electron chi connectivity index (χ3n) is 9.91. The van der Waals surface area contributed by atoms with Gasteiger partial charge in [-0.2, -0.15) is 5.10 Å². The van der Waals surface area contributed by atoms with Crippen molar-refractivity contribution < 1.29 is 9.18 Å². The molecule has 246 valence electrons. The number of anilines is 1. The first kappa shape index (κ1) is 31.2. The number of nitrogens with one attached hydrogen (secondary N) is 1. The SMILES string of the molecule is Cc1cc(-c2nn(C(c3ccccc3)(c3ccccc3)c3ccccc3)c3cc4c(cc23)CCN([C@H](C)c2ccc(F)cc2)C(=O)N4)ccn1.